The number of rotatable bonds is 3. The van der Waals surface area contributed by atoms with Crippen LogP contribution >= 0.6 is 0 Å². The molecule has 0 amide bonds. The molecule has 0 aromatic heterocycles. The molecule has 2 rings (SSSR count). The highest BCUT2D eigenvalue weighted by Crippen LogP contribution is 2.49. The van der Waals surface area contributed by atoms with Gasteiger partial charge in [-0.2, -0.15) is 0 Å². The first-order valence-corrected chi connectivity index (χ1v) is 5.62. The molecule has 2 fully saturated rings. The van der Waals surface area contributed by atoms with Gasteiger partial charge in [-0.25, -0.2) is 0 Å². The summed E-state index contributed by atoms with van der Waals surface area (Å²) in [4.78, 5) is 10.7. The SMILES string of the molecule is NCC1CCC2CC(CC(=O)O)C1C2. The summed E-state index contributed by atoms with van der Waals surface area (Å²) in [6.45, 7) is 0.744. The molecular formula is C11H19NO2. The van der Waals surface area contributed by atoms with Crippen LogP contribution in [0.25, 0.3) is 0 Å². The Morgan fingerprint density at radius 3 is 2.71 bits per heavy atom. The van der Waals surface area contributed by atoms with Crippen molar-refractivity contribution in [2.24, 2.45) is 29.4 Å². The fraction of sp³-hybridized carbons (Fsp3) is 0.909. The van der Waals surface area contributed by atoms with Gasteiger partial charge in [-0.1, -0.05) is 6.42 Å². The number of carboxylic acid groups (broad SMARTS) is 1. The van der Waals surface area contributed by atoms with Crippen molar-refractivity contribution in [3.8, 4) is 0 Å². The molecular weight excluding hydrogens is 178 g/mol. The number of fused-ring (bicyclic) bond motifs is 2. The minimum absolute atomic E-state index is 0.359. The van der Waals surface area contributed by atoms with Crippen LogP contribution in [0, 0.1) is 23.7 Å². The Hall–Kier alpha value is -0.570. The monoisotopic (exact) mass is 197 g/mol. The number of aliphatic carboxylic acids is 1. The van der Waals surface area contributed by atoms with E-state index < -0.39 is 5.97 Å². The van der Waals surface area contributed by atoms with Crippen LogP contribution in [-0.2, 0) is 4.79 Å². The van der Waals surface area contributed by atoms with Gasteiger partial charge in [0.1, 0.15) is 0 Å². The maximum absolute atomic E-state index is 10.7. The van der Waals surface area contributed by atoms with Crippen LogP contribution in [-0.4, -0.2) is 17.6 Å². The van der Waals surface area contributed by atoms with Crippen LogP contribution in [0.3, 0.4) is 0 Å². The topological polar surface area (TPSA) is 63.3 Å². The van der Waals surface area contributed by atoms with Crippen molar-refractivity contribution in [1.82, 2.24) is 0 Å². The standard InChI is InChI=1S/C11H19NO2/c12-6-8-2-1-7-3-9(5-11(13)14)10(8)4-7/h7-10H,1-6,12H2,(H,13,14). The van der Waals surface area contributed by atoms with Gasteiger partial charge in [-0.15, -0.1) is 0 Å². The third kappa shape index (κ3) is 1.78. The van der Waals surface area contributed by atoms with Gasteiger partial charge in [0.25, 0.3) is 0 Å². The molecule has 0 aromatic carbocycles. The molecule has 2 aliphatic rings. The first kappa shape index (κ1) is 9.97. The maximum atomic E-state index is 10.7. The molecule has 0 aliphatic heterocycles. The van der Waals surface area contributed by atoms with E-state index in [1.807, 2.05) is 0 Å². The molecule has 3 N–H and O–H groups in total. The Kier molecular flexibility index (Phi) is 2.77. The van der Waals surface area contributed by atoms with Crippen molar-refractivity contribution >= 4 is 5.97 Å². The van der Waals surface area contributed by atoms with Crippen LogP contribution in [0.15, 0.2) is 0 Å². The number of hydrogen-bond acceptors (Lipinski definition) is 2. The van der Waals surface area contributed by atoms with Gasteiger partial charge in [0, 0.05) is 6.42 Å². The summed E-state index contributed by atoms with van der Waals surface area (Å²) < 4.78 is 0. The van der Waals surface area contributed by atoms with Gasteiger partial charge in [-0.05, 0) is 49.5 Å². The lowest BCUT2D eigenvalue weighted by Crippen LogP contribution is -2.29. The van der Waals surface area contributed by atoms with E-state index in [0.29, 0.717) is 24.2 Å². The summed E-state index contributed by atoms with van der Waals surface area (Å²) >= 11 is 0. The zero-order chi connectivity index (χ0) is 10.1. The normalized spacial score (nSPS) is 41.2. The van der Waals surface area contributed by atoms with E-state index in [1.165, 1.54) is 19.3 Å². The van der Waals surface area contributed by atoms with Crippen molar-refractivity contribution in [2.75, 3.05) is 6.54 Å². The Labute approximate surface area is 84.7 Å². The average Bonchev–Trinajstić information content (AvgIpc) is 2.44. The van der Waals surface area contributed by atoms with Gasteiger partial charge >= 0.3 is 5.97 Å². The van der Waals surface area contributed by atoms with Gasteiger partial charge < -0.3 is 10.8 Å². The zero-order valence-corrected chi connectivity index (χ0v) is 8.48. The third-order valence-electron chi connectivity index (χ3n) is 4.14. The molecule has 0 radical (unpaired) electrons. The van der Waals surface area contributed by atoms with Crippen molar-refractivity contribution in [3.63, 3.8) is 0 Å². The number of nitrogens with two attached hydrogens (primary N) is 1. The second kappa shape index (κ2) is 3.89. The molecule has 2 bridgehead atoms. The van der Waals surface area contributed by atoms with E-state index in [2.05, 4.69) is 0 Å². The lowest BCUT2D eigenvalue weighted by Gasteiger charge is -2.29. The lowest BCUT2D eigenvalue weighted by molar-refractivity contribution is -0.138. The van der Waals surface area contributed by atoms with Crippen molar-refractivity contribution < 1.29 is 9.90 Å². The first-order chi connectivity index (χ1) is 6.70. The summed E-state index contributed by atoms with van der Waals surface area (Å²) in [5.41, 5.74) is 5.73. The summed E-state index contributed by atoms with van der Waals surface area (Å²) in [7, 11) is 0. The zero-order valence-electron chi connectivity index (χ0n) is 8.48. The van der Waals surface area contributed by atoms with E-state index in [-0.39, 0.29) is 0 Å². The fourth-order valence-corrected chi connectivity index (χ4v) is 3.51. The van der Waals surface area contributed by atoms with Crippen LogP contribution in [0.2, 0.25) is 0 Å². The van der Waals surface area contributed by atoms with Gasteiger partial charge in [0.05, 0.1) is 0 Å². The van der Waals surface area contributed by atoms with Crippen molar-refractivity contribution in [3.05, 3.63) is 0 Å². The van der Waals surface area contributed by atoms with Crippen LogP contribution in [0.4, 0.5) is 0 Å². The summed E-state index contributed by atoms with van der Waals surface area (Å²) in [6.07, 6.45) is 5.22. The third-order valence-corrected chi connectivity index (χ3v) is 4.14. The number of hydrogen-bond donors (Lipinski definition) is 2. The molecule has 0 aromatic rings. The lowest BCUT2D eigenvalue weighted by atomic mass is 9.77. The molecule has 4 unspecified atom stereocenters. The highest BCUT2D eigenvalue weighted by atomic mass is 16.4. The van der Waals surface area contributed by atoms with Crippen molar-refractivity contribution in [2.45, 2.75) is 32.1 Å². The quantitative estimate of drug-likeness (QED) is 0.720. The van der Waals surface area contributed by atoms with Crippen molar-refractivity contribution in [1.29, 1.82) is 0 Å². The predicted octanol–water partition coefficient (Wildman–Crippen LogP) is 1.47. The molecule has 0 heterocycles. The predicted molar refractivity (Wildman–Crippen MR) is 53.7 cm³/mol. The summed E-state index contributed by atoms with van der Waals surface area (Å²) in [5, 5.41) is 8.82. The Bertz CT molecular complexity index is 229. The molecule has 80 valence electrons. The molecule has 3 heteroatoms. The molecule has 14 heavy (non-hydrogen) atoms. The number of carbonyl (C=O) groups is 1. The second-order valence-electron chi connectivity index (χ2n) is 4.93. The Morgan fingerprint density at radius 1 is 1.29 bits per heavy atom. The molecule has 2 aliphatic carbocycles. The van der Waals surface area contributed by atoms with Gasteiger partial charge in [0.15, 0.2) is 0 Å². The smallest absolute Gasteiger partial charge is 0.303 e. The first-order valence-electron chi connectivity index (χ1n) is 5.62. The second-order valence-corrected chi connectivity index (χ2v) is 4.93. The minimum atomic E-state index is -0.640. The van der Waals surface area contributed by atoms with E-state index in [0.717, 1.165) is 18.9 Å². The van der Waals surface area contributed by atoms with E-state index in [4.69, 9.17) is 10.8 Å². The minimum Gasteiger partial charge on any atom is -0.481 e. The Balaban J connectivity index is 2.02. The van der Waals surface area contributed by atoms with Gasteiger partial charge in [-0.3, -0.25) is 4.79 Å². The van der Waals surface area contributed by atoms with Gasteiger partial charge in [0.2, 0.25) is 0 Å². The van der Waals surface area contributed by atoms with Crippen LogP contribution in [0.5, 0.6) is 0 Å². The molecule has 0 saturated heterocycles. The number of carboxylic acids is 1. The summed E-state index contributed by atoms with van der Waals surface area (Å²) in [6, 6.07) is 0. The molecule has 0 spiro atoms. The summed E-state index contributed by atoms with van der Waals surface area (Å²) in [5.74, 6) is 1.77. The average molecular weight is 197 g/mol. The highest BCUT2D eigenvalue weighted by Gasteiger charge is 2.42. The highest BCUT2D eigenvalue weighted by molar-refractivity contribution is 5.67. The molecule has 2 saturated carbocycles. The maximum Gasteiger partial charge on any atom is 0.303 e. The molecule has 4 atom stereocenters. The fourth-order valence-electron chi connectivity index (χ4n) is 3.51. The largest absolute Gasteiger partial charge is 0.481 e. The van der Waals surface area contributed by atoms with E-state index >= 15 is 0 Å². The van der Waals surface area contributed by atoms with E-state index in [1.54, 1.807) is 0 Å². The van der Waals surface area contributed by atoms with Crippen LogP contribution in [0.1, 0.15) is 32.1 Å². The Morgan fingerprint density at radius 2 is 2.07 bits per heavy atom. The van der Waals surface area contributed by atoms with Crippen LogP contribution < -0.4 is 5.73 Å². The van der Waals surface area contributed by atoms with E-state index in [9.17, 15) is 4.79 Å². The molecule has 3 nitrogen and oxygen atoms in total.